The molecule has 27 heavy (non-hydrogen) atoms. The number of nitrogens with zero attached hydrogens (tertiary/aromatic N) is 1. The van der Waals surface area contributed by atoms with Crippen LogP contribution in [-0.4, -0.2) is 35.2 Å². The Balaban J connectivity index is 4.32. The Hall–Kier alpha value is -0.770. The molecule has 160 valence electrons. The summed E-state index contributed by atoms with van der Waals surface area (Å²) in [6.07, 6.45) is -1.06. The number of carbonyl (C=O) groups is 1. The summed E-state index contributed by atoms with van der Waals surface area (Å²) in [5, 5.41) is 16.7. The fourth-order valence-corrected chi connectivity index (χ4v) is 7.18. The summed E-state index contributed by atoms with van der Waals surface area (Å²) in [4.78, 5) is 14.4. The third-order valence-corrected chi connectivity index (χ3v) is 6.80. The largest absolute Gasteiger partial charge is 0.530 e. The number of hydrogen-bond acceptors (Lipinski definition) is 3. The molecular weight excluding hydrogens is 336 g/mol. The second kappa shape index (κ2) is 6.64. The van der Waals surface area contributed by atoms with Crippen molar-refractivity contribution in [2.45, 2.75) is 101 Å². The third kappa shape index (κ3) is 3.30. The Bertz CT molecular complexity index is 525. The first-order valence-corrected chi connectivity index (χ1v) is 10.4. The van der Waals surface area contributed by atoms with Gasteiger partial charge in [0.15, 0.2) is 0 Å². The highest BCUT2D eigenvalue weighted by molar-refractivity contribution is 5.65. The highest BCUT2D eigenvalue weighted by Crippen LogP contribution is 2.64. The zero-order chi connectivity index (χ0) is 21.9. The third-order valence-electron chi connectivity index (χ3n) is 6.80. The van der Waals surface area contributed by atoms with E-state index < -0.39 is 17.2 Å². The Morgan fingerprint density at radius 2 is 1.22 bits per heavy atom. The number of hydrogen-bond donors (Lipinski definition) is 1. The first kappa shape index (κ1) is 24.3. The molecule has 1 atom stereocenters. The van der Waals surface area contributed by atoms with Crippen LogP contribution in [0.5, 0.6) is 0 Å². The van der Waals surface area contributed by atoms with E-state index in [0.717, 1.165) is 6.54 Å². The van der Waals surface area contributed by atoms with Gasteiger partial charge in [0.05, 0.1) is 11.1 Å². The molecule has 1 saturated heterocycles. The zero-order valence-corrected chi connectivity index (χ0v) is 20.3. The lowest BCUT2D eigenvalue weighted by molar-refractivity contribution is -0.294. The first-order chi connectivity index (χ1) is 11.7. The minimum Gasteiger partial charge on any atom is -0.530 e. The van der Waals surface area contributed by atoms with Crippen LogP contribution in [0.4, 0.5) is 4.79 Å². The lowest BCUT2D eigenvalue weighted by Gasteiger charge is -2.74. The van der Waals surface area contributed by atoms with Crippen molar-refractivity contribution in [3.8, 4) is 0 Å². The average molecular weight is 382 g/mol. The lowest BCUT2D eigenvalue weighted by atomic mass is 9.40. The summed E-state index contributed by atoms with van der Waals surface area (Å²) >= 11 is 0. The molecule has 1 aliphatic rings. The molecule has 0 aromatic rings. The van der Waals surface area contributed by atoms with Gasteiger partial charge in [-0.25, -0.2) is 0 Å². The standard InChI is InChI=1S/C23H46N2O2/c1-16-14-24-22(18(2,3)4,19(5,6)7)23(20(8,9)10,21(11,12)13)25(15-16)17(26)27/h16,24H,14-15H2,1-13H3,(H,26,27)/p-1. The van der Waals surface area contributed by atoms with Crippen LogP contribution in [0.1, 0.15) is 90.0 Å². The van der Waals surface area contributed by atoms with Crippen LogP contribution >= 0.6 is 0 Å². The number of carboxylic acid groups (broad SMARTS) is 1. The molecule has 4 heteroatoms. The van der Waals surface area contributed by atoms with Gasteiger partial charge < -0.3 is 20.1 Å². The SMILES string of the molecule is CC1CNC(C(C)(C)C)(C(C)(C)C)C(C(C)(C)C)(C(C)(C)C)N(C(=O)[O-])C1. The van der Waals surface area contributed by atoms with Crippen LogP contribution in [0.15, 0.2) is 0 Å². The molecule has 1 amide bonds. The normalized spacial score (nSPS) is 24.5. The van der Waals surface area contributed by atoms with Gasteiger partial charge in [0.25, 0.3) is 0 Å². The molecule has 0 spiro atoms. The molecular formula is C23H45N2O2-. The zero-order valence-electron chi connectivity index (χ0n) is 20.3. The Kier molecular flexibility index (Phi) is 5.97. The minimum absolute atomic E-state index is 0.205. The van der Waals surface area contributed by atoms with Crippen molar-refractivity contribution in [2.24, 2.45) is 27.6 Å². The van der Waals surface area contributed by atoms with Crippen LogP contribution in [0, 0.1) is 27.6 Å². The average Bonchev–Trinajstić information content (AvgIpc) is 2.50. The molecule has 0 bridgehead atoms. The van der Waals surface area contributed by atoms with Crippen molar-refractivity contribution in [1.82, 2.24) is 10.2 Å². The lowest BCUT2D eigenvalue weighted by Crippen LogP contribution is -2.86. The predicted octanol–water partition coefficient (Wildman–Crippen LogP) is 4.53. The van der Waals surface area contributed by atoms with Gasteiger partial charge in [-0.2, -0.15) is 0 Å². The molecule has 1 fully saturated rings. The highest BCUT2D eigenvalue weighted by Gasteiger charge is 2.73. The van der Waals surface area contributed by atoms with Gasteiger partial charge in [0.1, 0.15) is 6.09 Å². The first-order valence-electron chi connectivity index (χ1n) is 10.4. The second-order valence-electron chi connectivity index (χ2n) is 12.8. The molecule has 0 radical (unpaired) electrons. The van der Waals surface area contributed by atoms with Crippen LogP contribution in [0.2, 0.25) is 0 Å². The molecule has 1 rings (SSSR count). The topological polar surface area (TPSA) is 55.4 Å². The van der Waals surface area contributed by atoms with E-state index in [2.05, 4.69) is 95.3 Å². The molecule has 1 heterocycles. The fraction of sp³-hybridized carbons (Fsp3) is 0.957. The molecule has 1 aliphatic heterocycles. The van der Waals surface area contributed by atoms with Gasteiger partial charge in [0, 0.05) is 13.1 Å². The number of nitrogens with one attached hydrogen (secondary N) is 1. The van der Waals surface area contributed by atoms with Gasteiger partial charge >= 0.3 is 0 Å². The maximum absolute atomic E-state index is 12.7. The summed E-state index contributed by atoms with van der Waals surface area (Å²) < 4.78 is 0. The Morgan fingerprint density at radius 1 is 0.852 bits per heavy atom. The van der Waals surface area contributed by atoms with Gasteiger partial charge in [0.2, 0.25) is 0 Å². The van der Waals surface area contributed by atoms with Crippen molar-refractivity contribution in [2.75, 3.05) is 13.1 Å². The molecule has 0 aromatic heterocycles. The van der Waals surface area contributed by atoms with E-state index >= 15 is 0 Å². The van der Waals surface area contributed by atoms with Crippen molar-refractivity contribution in [3.05, 3.63) is 0 Å². The van der Waals surface area contributed by atoms with Crippen LogP contribution in [-0.2, 0) is 0 Å². The smallest absolute Gasteiger partial charge is 0.137 e. The van der Waals surface area contributed by atoms with Gasteiger partial charge in [-0.3, -0.25) is 0 Å². The van der Waals surface area contributed by atoms with E-state index in [0.29, 0.717) is 6.54 Å². The van der Waals surface area contributed by atoms with Crippen molar-refractivity contribution in [3.63, 3.8) is 0 Å². The highest BCUT2D eigenvalue weighted by atomic mass is 16.4. The summed E-state index contributed by atoms with van der Waals surface area (Å²) in [6, 6.07) is 0. The molecule has 1 unspecified atom stereocenters. The van der Waals surface area contributed by atoms with Crippen molar-refractivity contribution < 1.29 is 9.90 Å². The molecule has 0 aromatic carbocycles. The Labute approximate surface area is 168 Å². The summed E-state index contributed by atoms with van der Waals surface area (Å²) in [7, 11) is 0. The molecule has 1 N–H and O–H groups in total. The number of carbonyl (C=O) groups excluding carboxylic acids is 1. The fourth-order valence-electron chi connectivity index (χ4n) is 7.18. The van der Waals surface area contributed by atoms with Crippen LogP contribution in [0.25, 0.3) is 0 Å². The number of amides is 1. The monoisotopic (exact) mass is 381 g/mol. The summed E-state index contributed by atoms with van der Waals surface area (Å²) in [5.41, 5.74) is -2.26. The summed E-state index contributed by atoms with van der Waals surface area (Å²) in [5.74, 6) is 0.207. The molecule has 4 nitrogen and oxygen atoms in total. The van der Waals surface area contributed by atoms with E-state index in [9.17, 15) is 9.90 Å². The maximum atomic E-state index is 12.7. The van der Waals surface area contributed by atoms with E-state index in [-0.39, 0.29) is 27.6 Å². The van der Waals surface area contributed by atoms with Gasteiger partial charge in [-0.05, 0) is 27.6 Å². The van der Waals surface area contributed by atoms with E-state index in [1.807, 2.05) is 0 Å². The number of rotatable bonds is 0. The van der Waals surface area contributed by atoms with E-state index in [1.165, 1.54) is 0 Å². The van der Waals surface area contributed by atoms with Crippen LogP contribution in [0.3, 0.4) is 0 Å². The Morgan fingerprint density at radius 3 is 1.48 bits per heavy atom. The van der Waals surface area contributed by atoms with Crippen LogP contribution < -0.4 is 10.4 Å². The predicted molar refractivity (Wildman–Crippen MR) is 113 cm³/mol. The van der Waals surface area contributed by atoms with Crippen molar-refractivity contribution in [1.29, 1.82) is 0 Å². The second-order valence-corrected chi connectivity index (χ2v) is 12.8. The van der Waals surface area contributed by atoms with E-state index in [4.69, 9.17) is 0 Å². The van der Waals surface area contributed by atoms with Crippen molar-refractivity contribution >= 4 is 6.09 Å². The summed E-state index contributed by atoms with van der Waals surface area (Å²) in [6.45, 7) is 30.1. The van der Waals surface area contributed by atoms with E-state index in [1.54, 1.807) is 4.90 Å². The maximum Gasteiger partial charge on any atom is 0.137 e. The van der Waals surface area contributed by atoms with Gasteiger partial charge in [-0.15, -0.1) is 0 Å². The molecule has 0 saturated carbocycles. The quantitative estimate of drug-likeness (QED) is 0.670. The molecule has 0 aliphatic carbocycles. The van der Waals surface area contributed by atoms with Gasteiger partial charge in [-0.1, -0.05) is 90.0 Å². The minimum atomic E-state index is -1.06.